The molecule has 0 atom stereocenters. The highest BCUT2D eigenvalue weighted by atomic mass is 16.7. The summed E-state index contributed by atoms with van der Waals surface area (Å²) < 4.78 is 10.7. The molecule has 0 fully saturated rings. The molecule has 2 rings (SSSR count). The van der Waals surface area contributed by atoms with Crippen molar-refractivity contribution >= 4 is 0 Å². The van der Waals surface area contributed by atoms with Crippen molar-refractivity contribution in [2.45, 2.75) is 20.3 Å². The zero-order chi connectivity index (χ0) is 11.4. The summed E-state index contributed by atoms with van der Waals surface area (Å²) in [6, 6.07) is 6.21. The van der Waals surface area contributed by atoms with E-state index in [1.54, 1.807) is 0 Å². The molecule has 0 saturated carbocycles. The molecule has 1 aliphatic heterocycles. The van der Waals surface area contributed by atoms with Crippen molar-refractivity contribution in [2.24, 2.45) is 0 Å². The number of likely N-dealkylation sites (N-methyl/N-ethyl adjacent to an activating group) is 1. The molecular weight excluding hydrogens is 202 g/mol. The van der Waals surface area contributed by atoms with E-state index in [-0.39, 0.29) is 0 Å². The molecule has 0 radical (unpaired) electrons. The summed E-state index contributed by atoms with van der Waals surface area (Å²) in [5, 5.41) is 0. The highest BCUT2D eigenvalue weighted by Crippen LogP contribution is 2.32. The maximum absolute atomic E-state index is 5.36. The fourth-order valence-corrected chi connectivity index (χ4v) is 1.92. The molecule has 0 N–H and O–H groups in total. The van der Waals surface area contributed by atoms with Crippen LogP contribution in [0.5, 0.6) is 11.5 Å². The fourth-order valence-electron chi connectivity index (χ4n) is 1.92. The average Bonchev–Trinajstić information content (AvgIpc) is 2.77. The molecule has 3 heteroatoms. The second kappa shape index (κ2) is 5.21. The van der Waals surface area contributed by atoms with Crippen molar-refractivity contribution in [3.63, 3.8) is 0 Å². The van der Waals surface area contributed by atoms with Crippen molar-refractivity contribution < 1.29 is 9.47 Å². The van der Waals surface area contributed by atoms with Crippen molar-refractivity contribution in [1.82, 2.24) is 4.90 Å². The largest absolute Gasteiger partial charge is 0.454 e. The first-order valence-corrected chi connectivity index (χ1v) is 5.94. The minimum atomic E-state index is 0.356. The Bertz CT molecular complexity index is 348. The molecule has 0 bridgehead atoms. The molecule has 1 heterocycles. The molecule has 1 aliphatic rings. The first kappa shape index (κ1) is 11.3. The Labute approximate surface area is 97.0 Å². The summed E-state index contributed by atoms with van der Waals surface area (Å²) in [5.74, 6) is 1.75. The Kier molecular flexibility index (Phi) is 3.67. The van der Waals surface area contributed by atoms with Crippen LogP contribution in [0.3, 0.4) is 0 Å². The van der Waals surface area contributed by atoms with Crippen molar-refractivity contribution in [3.05, 3.63) is 23.8 Å². The standard InChI is InChI=1S/C13H19NO2/c1-3-14(4-2)8-7-11-5-6-12-13(9-11)16-10-15-12/h5-6,9H,3-4,7-8,10H2,1-2H3. The molecule has 0 saturated heterocycles. The number of rotatable bonds is 5. The van der Waals surface area contributed by atoms with Crippen molar-refractivity contribution in [2.75, 3.05) is 26.4 Å². The number of ether oxygens (including phenoxy) is 2. The lowest BCUT2D eigenvalue weighted by atomic mass is 10.1. The number of nitrogens with zero attached hydrogens (tertiary/aromatic N) is 1. The Balaban J connectivity index is 1.95. The third kappa shape index (κ3) is 2.47. The second-order valence-corrected chi connectivity index (χ2v) is 3.96. The van der Waals surface area contributed by atoms with Gasteiger partial charge in [-0.1, -0.05) is 19.9 Å². The normalized spacial score (nSPS) is 13.4. The summed E-state index contributed by atoms with van der Waals surface area (Å²) in [5.41, 5.74) is 1.32. The van der Waals surface area contributed by atoms with Gasteiger partial charge in [0.25, 0.3) is 0 Å². The topological polar surface area (TPSA) is 21.7 Å². The van der Waals surface area contributed by atoms with Crippen LogP contribution in [0.25, 0.3) is 0 Å². The molecule has 0 unspecified atom stereocenters. The zero-order valence-corrected chi connectivity index (χ0v) is 10.0. The Hall–Kier alpha value is -1.22. The van der Waals surface area contributed by atoms with Crippen LogP contribution in [0.2, 0.25) is 0 Å². The molecule has 0 amide bonds. The Morgan fingerprint density at radius 1 is 1.12 bits per heavy atom. The highest BCUT2D eigenvalue weighted by Gasteiger charge is 2.13. The third-order valence-corrected chi connectivity index (χ3v) is 3.05. The van der Waals surface area contributed by atoms with E-state index >= 15 is 0 Å². The molecule has 1 aromatic carbocycles. The minimum absolute atomic E-state index is 0.356. The zero-order valence-electron chi connectivity index (χ0n) is 10.0. The molecular formula is C13H19NO2. The van der Waals surface area contributed by atoms with E-state index in [4.69, 9.17) is 9.47 Å². The summed E-state index contributed by atoms with van der Waals surface area (Å²) >= 11 is 0. The maximum Gasteiger partial charge on any atom is 0.231 e. The van der Waals surface area contributed by atoms with Gasteiger partial charge < -0.3 is 14.4 Å². The Morgan fingerprint density at radius 2 is 1.88 bits per heavy atom. The lowest BCUT2D eigenvalue weighted by molar-refractivity contribution is 0.174. The average molecular weight is 221 g/mol. The van der Waals surface area contributed by atoms with Crippen LogP contribution in [0.4, 0.5) is 0 Å². The number of benzene rings is 1. The van der Waals surface area contributed by atoms with Crippen LogP contribution >= 0.6 is 0 Å². The van der Waals surface area contributed by atoms with Gasteiger partial charge in [0.05, 0.1) is 0 Å². The van der Waals surface area contributed by atoms with Crippen LogP contribution in [-0.4, -0.2) is 31.3 Å². The summed E-state index contributed by atoms with van der Waals surface area (Å²) in [7, 11) is 0. The number of fused-ring (bicyclic) bond motifs is 1. The molecule has 0 aromatic heterocycles. The highest BCUT2D eigenvalue weighted by molar-refractivity contribution is 5.44. The molecule has 16 heavy (non-hydrogen) atoms. The van der Waals surface area contributed by atoms with E-state index in [0.29, 0.717) is 6.79 Å². The minimum Gasteiger partial charge on any atom is -0.454 e. The van der Waals surface area contributed by atoms with E-state index in [1.807, 2.05) is 6.07 Å². The molecule has 0 aliphatic carbocycles. The SMILES string of the molecule is CCN(CC)CCc1ccc2c(c1)OCO2. The van der Waals surface area contributed by atoms with Gasteiger partial charge in [0.2, 0.25) is 6.79 Å². The third-order valence-electron chi connectivity index (χ3n) is 3.05. The van der Waals surface area contributed by atoms with Gasteiger partial charge >= 0.3 is 0 Å². The van der Waals surface area contributed by atoms with Gasteiger partial charge in [-0.3, -0.25) is 0 Å². The molecule has 3 nitrogen and oxygen atoms in total. The van der Waals surface area contributed by atoms with E-state index in [0.717, 1.165) is 37.6 Å². The van der Waals surface area contributed by atoms with Crippen LogP contribution < -0.4 is 9.47 Å². The first-order valence-electron chi connectivity index (χ1n) is 5.94. The maximum atomic E-state index is 5.36. The van der Waals surface area contributed by atoms with E-state index in [9.17, 15) is 0 Å². The van der Waals surface area contributed by atoms with Gasteiger partial charge in [-0.05, 0) is 37.2 Å². The fraction of sp³-hybridized carbons (Fsp3) is 0.538. The number of hydrogen-bond acceptors (Lipinski definition) is 3. The summed E-state index contributed by atoms with van der Waals surface area (Å²) in [6.07, 6.45) is 1.07. The van der Waals surface area contributed by atoms with Crippen LogP contribution in [0.15, 0.2) is 18.2 Å². The predicted octanol–water partition coefficient (Wildman–Crippen LogP) is 2.30. The van der Waals surface area contributed by atoms with Gasteiger partial charge in [0.1, 0.15) is 0 Å². The second-order valence-electron chi connectivity index (χ2n) is 3.96. The molecule has 88 valence electrons. The van der Waals surface area contributed by atoms with Gasteiger partial charge in [-0.15, -0.1) is 0 Å². The van der Waals surface area contributed by atoms with Gasteiger partial charge in [0.15, 0.2) is 11.5 Å². The van der Waals surface area contributed by atoms with E-state index < -0.39 is 0 Å². The lowest BCUT2D eigenvalue weighted by Crippen LogP contribution is -2.25. The van der Waals surface area contributed by atoms with Crippen LogP contribution in [-0.2, 0) is 6.42 Å². The van der Waals surface area contributed by atoms with Crippen molar-refractivity contribution in [3.8, 4) is 11.5 Å². The van der Waals surface area contributed by atoms with Crippen LogP contribution in [0, 0.1) is 0 Å². The van der Waals surface area contributed by atoms with E-state index in [1.165, 1.54) is 5.56 Å². The molecule has 1 aromatic rings. The van der Waals surface area contributed by atoms with Crippen LogP contribution in [0.1, 0.15) is 19.4 Å². The summed E-state index contributed by atoms with van der Waals surface area (Å²) in [4.78, 5) is 2.42. The van der Waals surface area contributed by atoms with Crippen molar-refractivity contribution in [1.29, 1.82) is 0 Å². The summed E-state index contributed by atoms with van der Waals surface area (Å²) in [6.45, 7) is 8.08. The predicted molar refractivity (Wildman–Crippen MR) is 64.1 cm³/mol. The number of hydrogen-bond donors (Lipinski definition) is 0. The Morgan fingerprint density at radius 3 is 2.62 bits per heavy atom. The van der Waals surface area contributed by atoms with Gasteiger partial charge in [0, 0.05) is 6.54 Å². The smallest absolute Gasteiger partial charge is 0.231 e. The quantitative estimate of drug-likeness (QED) is 0.761. The van der Waals surface area contributed by atoms with Gasteiger partial charge in [-0.2, -0.15) is 0 Å². The first-order chi connectivity index (χ1) is 7.83. The monoisotopic (exact) mass is 221 g/mol. The van der Waals surface area contributed by atoms with Gasteiger partial charge in [-0.25, -0.2) is 0 Å². The lowest BCUT2D eigenvalue weighted by Gasteiger charge is -2.17. The molecule has 0 spiro atoms. The van der Waals surface area contributed by atoms with E-state index in [2.05, 4.69) is 30.9 Å².